The highest BCUT2D eigenvalue weighted by molar-refractivity contribution is 7.91. The second kappa shape index (κ2) is 7.79. The summed E-state index contributed by atoms with van der Waals surface area (Å²) in [6.45, 7) is 6.33. The highest BCUT2D eigenvalue weighted by atomic mass is 32.2. The lowest BCUT2D eigenvalue weighted by molar-refractivity contribution is 0.476. The largest absolute Gasteiger partial charge is 0.366 e. The molecule has 4 rings (SSSR count). The smallest absolute Gasteiger partial charge is 0.212 e. The highest BCUT2D eigenvalue weighted by Crippen LogP contribution is 2.31. The molecule has 3 aromatic rings. The number of rotatable bonds is 3. The van der Waals surface area contributed by atoms with Crippen molar-refractivity contribution in [1.29, 1.82) is 0 Å². The fourth-order valence-corrected chi connectivity index (χ4v) is 6.16. The molecule has 0 unspecified atom stereocenters. The van der Waals surface area contributed by atoms with Gasteiger partial charge in [-0.1, -0.05) is 12.1 Å². The van der Waals surface area contributed by atoms with Crippen molar-refractivity contribution in [3.05, 3.63) is 63.7 Å². The van der Waals surface area contributed by atoms with Gasteiger partial charge in [0.2, 0.25) is 15.3 Å². The predicted octanol–water partition coefficient (Wildman–Crippen LogP) is 4.51. The average Bonchev–Trinajstić information content (AvgIpc) is 2.72. The zero-order chi connectivity index (χ0) is 22.5. The molecule has 1 fully saturated rings. The van der Waals surface area contributed by atoms with E-state index in [9.17, 15) is 13.2 Å². The molecule has 31 heavy (non-hydrogen) atoms. The maximum absolute atomic E-state index is 15.1. The number of sulfone groups is 1. The molecule has 1 aromatic heterocycles. The van der Waals surface area contributed by atoms with Crippen LogP contribution in [0.25, 0.3) is 10.9 Å². The van der Waals surface area contributed by atoms with Crippen molar-refractivity contribution >= 4 is 26.4 Å². The van der Waals surface area contributed by atoms with Crippen LogP contribution < -0.4 is 10.3 Å². The number of anilines is 1. The lowest BCUT2D eigenvalue weighted by atomic mass is 10.0. The predicted molar refractivity (Wildman–Crippen MR) is 121 cm³/mol. The molecule has 0 bridgehead atoms. The van der Waals surface area contributed by atoms with E-state index in [2.05, 4.69) is 6.92 Å². The average molecular weight is 443 g/mol. The summed E-state index contributed by atoms with van der Waals surface area (Å²) in [6.07, 6.45) is 4.45. The van der Waals surface area contributed by atoms with E-state index in [0.717, 1.165) is 31.4 Å². The van der Waals surface area contributed by atoms with Crippen LogP contribution in [0.5, 0.6) is 0 Å². The Balaban J connectivity index is 1.92. The number of benzene rings is 2. The Hall–Kier alpha value is -2.67. The van der Waals surface area contributed by atoms with Crippen molar-refractivity contribution in [2.75, 3.05) is 11.4 Å². The van der Waals surface area contributed by atoms with Crippen molar-refractivity contribution in [3.63, 3.8) is 0 Å². The van der Waals surface area contributed by atoms with Crippen LogP contribution in [-0.2, 0) is 16.9 Å². The topological polar surface area (TPSA) is 59.4 Å². The lowest BCUT2D eigenvalue weighted by Crippen LogP contribution is -2.38. The molecule has 0 radical (unpaired) electrons. The zero-order valence-corrected chi connectivity index (χ0v) is 19.1. The number of nitrogens with zero attached hydrogens (tertiary/aromatic N) is 2. The summed E-state index contributed by atoms with van der Waals surface area (Å²) < 4.78 is 43.4. The minimum absolute atomic E-state index is 0.0693. The van der Waals surface area contributed by atoms with Gasteiger partial charge in [-0.15, -0.1) is 0 Å². The van der Waals surface area contributed by atoms with E-state index < -0.39 is 21.1 Å². The van der Waals surface area contributed by atoms with Crippen molar-refractivity contribution < 1.29 is 12.8 Å². The molecule has 1 atom stereocenters. The molecule has 2 aromatic carbocycles. The highest BCUT2D eigenvalue weighted by Gasteiger charge is 2.27. The van der Waals surface area contributed by atoms with Gasteiger partial charge in [0.25, 0.3) is 0 Å². The Morgan fingerprint density at radius 3 is 2.52 bits per heavy atom. The first-order valence-electron chi connectivity index (χ1n) is 10.5. The van der Waals surface area contributed by atoms with E-state index in [-0.39, 0.29) is 21.2 Å². The number of aromatic nitrogens is 1. The van der Waals surface area contributed by atoms with Gasteiger partial charge in [0, 0.05) is 25.8 Å². The monoisotopic (exact) mass is 442 g/mol. The third-order valence-corrected chi connectivity index (χ3v) is 8.15. The van der Waals surface area contributed by atoms with Gasteiger partial charge >= 0.3 is 0 Å². The molecule has 0 spiro atoms. The molecule has 0 N–H and O–H groups in total. The Kier molecular flexibility index (Phi) is 5.41. The van der Waals surface area contributed by atoms with E-state index in [4.69, 9.17) is 0 Å². The van der Waals surface area contributed by atoms with Crippen molar-refractivity contribution in [2.24, 2.45) is 7.05 Å². The molecule has 164 valence electrons. The van der Waals surface area contributed by atoms with Crippen LogP contribution in [0.3, 0.4) is 0 Å². The number of hydrogen-bond acceptors (Lipinski definition) is 4. The molecular weight excluding hydrogens is 415 g/mol. The Bertz CT molecular complexity index is 1350. The van der Waals surface area contributed by atoms with Gasteiger partial charge in [-0.25, -0.2) is 12.8 Å². The first kappa shape index (κ1) is 21.6. The summed E-state index contributed by atoms with van der Waals surface area (Å²) in [5.41, 5.74) is 1.64. The molecule has 0 aliphatic carbocycles. The summed E-state index contributed by atoms with van der Waals surface area (Å²) in [7, 11) is -2.37. The first-order valence-corrected chi connectivity index (χ1v) is 12.0. The van der Waals surface area contributed by atoms with Crippen LogP contribution in [0, 0.1) is 19.7 Å². The van der Waals surface area contributed by atoms with Crippen LogP contribution in [0.4, 0.5) is 10.1 Å². The Labute approximate surface area is 182 Å². The quantitative estimate of drug-likeness (QED) is 0.599. The molecular formula is C24H27FN2O3S. The number of aryl methyl sites for hydroxylation is 3. The molecule has 0 saturated carbocycles. The number of piperidine rings is 1. The summed E-state index contributed by atoms with van der Waals surface area (Å²) in [5.74, 6) is -0.500. The molecule has 1 saturated heterocycles. The minimum atomic E-state index is -4.06. The number of fused-ring (bicyclic) bond motifs is 1. The summed E-state index contributed by atoms with van der Waals surface area (Å²) in [6, 6.07) is 8.18. The molecule has 5 nitrogen and oxygen atoms in total. The van der Waals surface area contributed by atoms with Gasteiger partial charge in [0.1, 0.15) is 10.7 Å². The maximum atomic E-state index is 15.1. The number of halogens is 1. The van der Waals surface area contributed by atoms with Crippen LogP contribution in [0.1, 0.15) is 37.3 Å². The number of hydrogen-bond donors (Lipinski definition) is 0. The molecule has 7 heteroatoms. The van der Waals surface area contributed by atoms with Crippen molar-refractivity contribution in [1.82, 2.24) is 4.57 Å². The van der Waals surface area contributed by atoms with Crippen LogP contribution in [0.15, 0.2) is 51.1 Å². The van der Waals surface area contributed by atoms with E-state index >= 15 is 4.39 Å². The number of pyridine rings is 1. The van der Waals surface area contributed by atoms with Gasteiger partial charge in [0.15, 0.2) is 0 Å². The van der Waals surface area contributed by atoms with Gasteiger partial charge in [-0.2, -0.15) is 0 Å². The first-order chi connectivity index (χ1) is 14.6. The third-order valence-electron chi connectivity index (χ3n) is 6.26. The summed E-state index contributed by atoms with van der Waals surface area (Å²) in [4.78, 5) is 15.0. The van der Waals surface area contributed by atoms with Crippen LogP contribution in [0.2, 0.25) is 0 Å². The summed E-state index contributed by atoms with van der Waals surface area (Å²) >= 11 is 0. The Morgan fingerprint density at radius 2 is 1.81 bits per heavy atom. The summed E-state index contributed by atoms with van der Waals surface area (Å²) in [5, 5.41) is 0.0693. The van der Waals surface area contributed by atoms with E-state index in [1.54, 1.807) is 43.7 Å². The third kappa shape index (κ3) is 3.65. The fourth-order valence-electron chi connectivity index (χ4n) is 4.44. The van der Waals surface area contributed by atoms with Crippen molar-refractivity contribution in [3.8, 4) is 0 Å². The van der Waals surface area contributed by atoms with Gasteiger partial charge in [0.05, 0.1) is 21.5 Å². The van der Waals surface area contributed by atoms with Crippen LogP contribution in [-0.4, -0.2) is 25.6 Å². The second-order valence-electron chi connectivity index (χ2n) is 8.56. The van der Waals surface area contributed by atoms with Crippen LogP contribution >= 0.6 is 0 Å². The standard InChI is InChI=1S/C24H27FN2O3S/c1-15-8-9-16(2)22(11-15)31(29,30)23-14-26(4)20-13-21(19(25)12-18(20)24(23)28)27-10-6-5-7-17(27)3/h8-9,11-14,17H,5-7,10H2,1-4H3/t17-/m0/s1. The molecule has 2 heterocycles. The maximum Gasteiger partial charge on any atom is 0.212 e. The fraction of sp³-hybridized carbons (Fsp3) is 0.375. The van der Waals surface area contributed by atoms with Gasteiger partial charge in [-0.05, 0) is 69.4 Å². The second-order valence-corrected chi connectivity index (χ2v) is 10.5. The SMILES string of the molecule is Cc1ccc(C)c(S(=O)(=O)c2cn(C)c3cc(N4CCCC[C@@H]4C)c(F)cc3c2=O)c1. The van der Waals surface area contributed by atoms with E-state index in [1.165, 1.54) is 12.3 Å². The minimum Gasteiger partial charge on any atom is -0.366 e. The molecule has 1 aliphatic rings. The molecule has 0 amide bonds. The molecule has 1 aliphatic heterocycles. The Morgan fingerprint density at radius 1 is 1.06 bits per heavy atom. The lowest BCUT2D eigenvalue weighted by Gasteiger charge is -2.35. The van der Waals surface area contributed by atoms with Gasteiger partial charge < -0.3 is 9.47 Å². The van der Waals surface area contributed by atoms with Gasteiger partial charge in [-0.3, -0.25) is 4.79 Å². The zero-order valence-electron chi connectivity index (χ0n) is 18.3. The van der Waals surface area contributed by atoms with E-state index in [0.29, 0.717) is 16.8 Å². The van der Waals surface area contributed by atoms with Crippen molar-refractivity contribution in [2.45, 2.75) is 55.9 Å². The normalized spacial score (nSPS) is 17.3. The van der Waals surface area contributed by atoms with E-state index in [1.807, 2.05) is 11.0 Å².